The van der Waals surface area contributed by atoms with Crippen molar-refractivity contribution in [2.75, 3.05) is 0 Å². The minimum absolute atomic E-state index is 0.0450. The normalized spacial score (nSPS) is 14.5. The topological polar surface area (TPSA) is 9.23 Å². The molecule has 0 unspecified atom stereocenters. The summed E-state index contributed by atoms with van der Waals surface area (Å²) in [4.78, 5) is 0. The Labute approximate surface area is 207 Å². The fraction of sp³-hybridized carbons (Fsp3) is 0.500. The molecule has 0 radical (unpaired) electrons. The van der Waals surface area contributed by atoms with Gasteiger partial charge in [0.05, 0.1) is 6.26 Å². The average molecular weight is 470 g/mol. The van der Waals surface area contributed by atoms with E-state index >= 15 is 0 Å². The quantitative estimate of drug-likeness (QED) is 0.243. The molecule has 0 amide bonds. The Balaban J connectivity index is 0.000000343. The molecule has 0 bridgehead atoms. The van der Waals surface area contributed by atoms with Gasteiger partial charge >= 0.3 is 90.6 Å². The van der Waals surface area contributed by atoms with Crippen molar-refractivity contribution in [3.63, 3.8) is 0 Å². The molecule has 32 heavy (non-hydrogen) atoms. The number of rotatable bonds is 4. The first-order valence-corrected chi connectivity index (χ1v) is 13.2. The molecule has 175 valence electrons. The van der Waals surface area contributed by atoms with E-state index in [1.807, 2.05) is 18.2 Å². The zero-order valence-electron chi connectivity index (χ0n) is 22.4. The molecule has 1 nitrogen and oxygen atoms in total. The number of hydrogen-bond donors (Lipinski definition) is 0. The van der Waals surface area contributed by atoms with Crippen LogP contribution < -0.4 is 4.74 Å². The van der Waals surface area contributed by atoms with Crippen molar-refractivity contribution in [2.24, 2.45) is 10.8 Å². The van der Waals surface area contributed by atoms with Gasteiger partial charge in [0.25, 0.3) is 0 Å². The Kier molecular flexibility index (Phi) is 10.4. The van der Waals surface area contributed by atoms with E-state index in [2.05, 4.69) is 107 Å². The van der Waals surface area contributed by atoms with E-state index in [0.29, 0.717) is 5.41 Å². The fourth-order valence-electron chi connectivity index (χ4n) is 3.15. The van der Waals surface area contributed by atoms with Gasteiger partial charge in [0, 0.05) is 0 Å². The predicted molar refractivity (Wildman–Crippen MR) is 140 cm³/mol. The van der Waals surface area contributed by atoms with E-state index in [-0.39, 0.29) is 29.5 Å². The summed E-state index contributed by atoms with van der Waals surface area (Å²) in [6.07, 6.45) is 9.72. The summed E-state index contributed by atoms with van der Waals surface area (Å²) >= 11 is 0.0803. The van der Waals surface area contributed by atoms with Crippen LogP contribution in [0.3, 0.4) is 0 Å². The van der Waals surface area contributed by atoms with Crippen LogP contribution in [0.15, 0.2) is 70.4 Å². The van der Waals surface area contributed by atoms with Crippen LogP contribution in [0.1, 0.15) is 88.1 Å². The molecule has 1 aliphatic carbocycles. The van der Waals surface area contributed by atoms with Crippen molar-refractivity contribution in [1.82, 2.24) is 0 Å². The average Bonchev–Trinajstić information content (AvgIpc) is 3.09. The number of ether oxygens (including phenoxy) is 1. The Bertz CT molecular complexity index is 899. The van der Waals surface area contributed by atoms with Gasteiger partial charge in [-0.1, -0.05) is 66.3 Å². The van der Waals surface area contributed by atoms with Gasteiger partial charge in [0.2, 0.25) is 0 Å². The maximum atomic E-state index is 5.79. The number of benzene rings is 1. The standard InChI is InChI=1S/C18H26O.C9H13.C3H6.Ti/c1-8-14(17(2,3)4)13-19-16-11-9-10-15(12-16)18(5,6)7;1-9(2,3)8-6-4-5-7-8;1-3-2;/h8-13H,1H2,2-7H3;6-7H,4H2,1-3H3;1-2H3;. The Morgan fingerprint density at radius 2 is 1.59 bits per heavy atom. The SMILES string of the molecule is C=CC(=COc1cccc(C(C)(C)C)c1)C(C)(C)C.C[C](C)=[Ti][C]1=CC(C(C)(C)C)=CC1. The molecule has 2 rings (SSSR count). The van der Waals surface area contributed by atoms with E-state index in [1.165, 1.54) is 17.6 Å². The van der Waals surface area contributed by atoms with Crippen LogP contribution in [-0.2, 0) is 24.1 Å². The van der Waals surface area contributed by atoms with Crippen LogP contribution in [0.25, 0.3) is 0 Å². The summed E-state index contributed by atoms with van der Waals surface area (Å²) < 4.78 is 9.12. The summed E-state index contributed by atoms with van der Waals surface area (Å²) in [5, 5.41) is 0. The molecule has 0 aliphatic heterocycles. The van der Waals surface area contributed by atoms with Crippen molar-refractivity contribution < 1.29 is 23.4 Å². The zero-order chi connectivity index (χ0) is 24.7. The monoisotopic (exact) mass is 469 g/mol. The maximum absolute atomic E-state index is 5.79. The molecule has 0 saturated heterocycles. The molecule has 0 atom stereocenters. The molecular formula is C30H45OTi. The summed E-state index contributed by atoms with van der Waals surface area (Å²) in [6, 6.07) is 8.25. The summed E-state index contributed by atoms with van der Waals surface area (Å²) in [5.41, 5.74) is 4.42. The van der Waals surface area contributed by atoms with Crippen LogP contribution in [0.4, 0.5) is 0 Å². The van der Waals surface area contributed by atoms with Crippen molar-refractivity contribution in [3.05, 3.63) is 75.9 Å². The molecule has 0 spiro atoms. The van der Waals surface area contributed by atoms with E-state index in [9.17, 15) is 0 Å². The molecule has 0 aromatic heterocycles. The van der Waals surface area contributed by atoms with Gasteiger partial charge < -0.3 is 4.74 Å². The molecule has 0 saturated carbocycles. The van der Waals surface area contributed by atoms with Gasteiger partial charge in [-0.15, -0.1) is 0 Å². The van der Waals surface area contributed by atoms with Crippen LogP contribution in [0.5, 0.6) is 5.75 Å². The van der Waals surface area contributed by atoms with Crippen molar-refractivity contribution in [3.8, 4) is 5.75 Å². The van der Waals surface area contributed by atoms with E-state index < -0.39 is 0 Å². The van der Waals surface area contributed by atoms with Crippen molar-refractivity contribution >= 4 is 3.81 Å². The first kappa shape index (κ1) is 28.6. The summed E-state index contributed by atoms with van der Waals surface area (Å²) in [6.45, 7) is 28.3. The second kappa shape index (κ2) is 11.6. The molecule has 1 aromatic carbocycles. The van der Waals surface area contributed by atoms with Gasteiger partial charge in [-0.3, -0.25) is 0 Å². The Morgan fingerprint density at radius 1 is 0.969 bits per heavy atom. The molecule has 0 heterocycles. The molecular weight excluding hydrogens is 424 g/mol. The molecule has 2 heteroatoms. The molecule has 0 N–H and O–H groups in total. The summed E-state index contributed by atoms with van der Waals surface area (Å²) in [7, 11) is 0. The van der Waals surface area contributed by atoms with E-state index in [1.54, 1.807) is 14.0 Å². The fourth-order valence-corrected chi connectivity index (χ4v) is 4.83. The second-order valence-electron chi connectivity index (χ2n) is 11.8. The predicted octanol–water partition coefficient (Wildman–Crippen LogP) is 9.02. The number of allylic oxidation sites excluding steroid dienone is 6. The Morgan fingerprint density at radius 3 is 2.03 bits per heavy atom. The van der Waals surface area contributed by atoms with Crippen LogP contribution >= 0.6 is 0 Å². The van der Waals surface area contributed by atoms with E-state index in [4.69, 9.17) is 4.74 Å². The van der Waals surface area contributed by atoms with Gasteiger partial charge in [-0.2, -0.15) is 0 Å². The van der Waals surface area contributed by atoms with Crippen molar-refractivity contribution in [1.29, 1.82) is 0 Å². The van der Waals surface area contributed by atoms with Gasteiger partial charge in [0.15, 0.2) is 0 Å². The van der Waals surface area contributed by atoms with Crippen molar-refractivity contribution in [2.45, 2.75) is 88.0 Å². The molecule has 1 aliphatic rings. The first-order valence-electron chi connectivity index (χ1n) is 11.6. The third kappa shape index (κ3) is 10.0. The van der Waals surface area contributed by atoms with Gasteiger partial charge in [-0.05, 0) is 34.1 Å². The summed E-state index contributed by atoms with van der Waals surface area (Å²) in [5.74, 6) is 0.871. The van der Waals surface area contributed by atoms with Crippen LogP contribution in [-0.4, -0.2) is 3.81 Å². The van der Waals surface area contributed by atoms with E-state index in [0.717, 1.165) is 11.3 Å². The third-order valence-electron chi connectivity index (χ3n) is 5.26. The second-order valence-corrected chi connectivity index (χ2v) is 14.8. The van der Waals surface area contributed by atoms with Crippen LogP contribution in [0, 0.1) is 10.8 Å². The molecule has 0 fully saturated rings. The van der Waals surface area contributed by atoms with Gasteiger partial charge in [0.1, 0.15) is 5.75 Å². The minimum atomic E-state index is 0.0450. The zero-order valence-corrected chi connectivity index (χ0v) is 24.0. The number of hydrogen-bond acceptors (Lipinski definition) is 1. The first-order chi connectivity index (χ1) is 14.5. The third-order valence-corrected chi connectivity index (χ3v) is 7.08. The van der Waals surface area contributed by atoms with Gasteiger partial charge in [-0.25, -0.2) is 0 Å². The van der Waals surface area contributed by atoms with Crippen LogP contribution in [0.2, 0.25) is 0 Å². The molecule has 1 aromatic rings. The Hall–Kier alpha value is -1.44.